The third-order valence-corrected chi connectivity index (χ3v) is 7.81. The van der Waals surface area contributed by atoms with Crippen LogP contribution in [0.2, 0.25) is 0 Å². The van der Waals surface area contributed by atoms with E-state index in [9.17, 15) is 14.7 Å². The molecular weight excluding hydrogens is 450 g/mol. The van der Waals surface area contributed by atoms with E-state index in [2.05, 4.69) is 15.3 Å². The predicted octanol–water partition coefficient (Wildman–Crippen LogP) is 3.43. The highest BCUT2D eigenvalue weighted by Gasteiger charge is 2.52. The Morgan fingerprint density at radius 1 is 1.23 bits per heavy atom. The van der Waals surface area contributed by atoms with Crippen molar-refractivity contribution < 1.29 is 24.2 Å². The largest absolute Gasteiger partial charge is 0.488 e. The second-order valence-corrected chi connectivity index (χ2v) is 10.3. The number of ether oxygens (including phenoxy) is 2. The van der Waals surface area contributed by atoms with Crippen molar-refractivity contribution in [3.8, 4) is 17.1 Å². The monoisotopic (exact) mass is 483 g/mol. The van der Waals surface area contributed by atoms with E-state index in [-0.39, 0.29) is 24.7 Å². The molecule has 2 aromatic rings. The molecule has 0 aliphatic heterocycles. The number of aromatic nitrogens is 4. The smallest absolute Gasteiger partial charge is 0.409 e. The number of hydrogen-bond acceptors (Lipinski definition) is 7. The van der Waals surface area contributed by atoms with Gasteiger partial charge in [-0.25, -0.2) is 14.5 Å². The van der Waals surface area contributed by atoms with Crippen molar-refractivity contribution in [3.63, 3.8) is 0 Å². The van der Waals surface area contributed by atoms with Gasteiger partial charge in [-0.2, -0.15) is 0 Å². The van der Waals surface area contributed by atoms with E-state index >= 15 is 0 Å². The molecule has 10 nitrogen and oxygen atoms in total. The molecule has 3 saturated carbocycles. The first-order valence-electron chi connectivity index (χ1n) is 12.4. The second kappa shape index (κ2) is 9.47. The van der Waals surface area contributed by atoms with Gasteiger partial charge in [-0.3, -0.25) is 4.79 Å². The summed E-state index contributed by atoms with van der Waals surface area (Å²) in [5.74, 6) is 0.960. The molecule has 0 spiro atoms. The average Bonchev–Trinajstić information content (AvgIpc) is 3.49. The first-order chi connectivity index (χ1) is 16.8. The Morgan fingerprint density at radius 2 is 2.03 bits per heavy atom. The van der Waals surface area contributed by atoms with Gasteiger partial charge in [-0.15, -0.1) is 5.10 Å². The number of rotatable bonds is 8. The summed E-state index contributed by atoms with van der Waals surface area (Å²) in [7, 11) is 3.52. The molecule has 4 atom stereocenters. The van der Waals surface area contributed by atoms with Gasteiger partial charge in [-0.05, 0) is 68.9 Å². The predicted molar refractivity (Wildman–Crippen MR) is 125 cm³/mol. The van der Waals surface area contributed by atoms with E-state index in [4.69, 9.17) is 9.47 Å². The van der Waals surface area contributed by atoms with Crippen LogP contribution in [0, 0.1) is 30.6 Å². The number of carboxylic acids is 1. The maximum absolute atomic E-state index is 12.4. The molecule has 2 aromatic heterocycles. The van der Waals surface area contributed by atoms with Crippen molar-refractivity contribution in [1.82, 2.24) is 24.9 Å². The van der Waals surface area contributed by atoms with Crippen molar-refractivity contribution in [2.24, 2.45) is 30.7 Å². The van der Waals surface area contributed by atoms with E-state index in [0.717, 1.165) is 12.8 Å². The van der Waals surface area contributed by atoms with E-state index in [1.54, 1.807) is 23.7 Å². The van der Waals surface area contributed by atoms with Crippen LogP contribution < -0.4 is 4.74 Å². The van der Waals surface area contributed by atoms with Crippen LogP contribution in [-0.4, -0.2) is 61.7 Å². The van der Waals surface area contributed by atoms with Gasteiger partial charge in [0.25, 0.3) is 0 Å². The zero-order valence-electron chi connectivity index (χ0n) is 20.5. The zero-order chi connectivity index (χ0) is 24.7. The molecule has 0 saturated heterocycles. The van der Waals surface area contributed by atoms with Gasteiger partial charge >= 0.3 is 12.1 Å². The first-order valence-corrected chi connectivity index (χ1v) is 12.4. The minimum atomic E-state index is -0.721. The van der Waals surface area contributed by atoms with E-state index in [1.807, 2.05) is 19.1 Å². The molecular formula is C25H33N5O5. The molecule has 188 valence electrons. The summed E-state index contributed by atoms with van der Waals surface area (Å²) in [5, 5.41) is 17.9. The molecule has 1 amide bonds. The summed E-state index contributed by atoms with van der Waals surface area (Å²) in [6.45, 7) is 2.63. The lowest BCUT2D eigenvalue weighted by atomic mass is 9.85. The van der Waals surface area contributed by atoms with Gasteiger partial charge in [0, 0.05) is 20.6 Å². The van der Waals surface area contributed by atoms with Crippen LogP contribution in [-0.2, 0) is 23.2 Å². The van der Waals surface area contributed by atoms with Crippen molar-refractivity contribution >= 4 is 12.1 Å². The molecule has 5 rings (SSSR count). The fourth-order valence-electron chi connectivity index (χ4n) is 5.41. The number of aliphatic carboxylic acids is 1. The van der Waals surface area contributed by atoms with Crippen LogP contribution in [0.25, 0.3) is 11.4 Å². The summed E-state index contributed by atoms with van der Waals surface area (Å²) < 4.78 is 13.3. The van der Waals surface area contributed by atoms with E-state index in [0.29, 0.717) is 59.2 Å². The standard InChI is InChI=1S/C25H33N5O5/c1-14-22(35-17-9-16-10-18(16)19(11-17)24(31)32)8-7-20(26-14)23-21(30(3)28-27-23)13-34-25(33)29(2)12-15-5-4-6-15/h7-8,15-19H,4-6,9-13H2,1-3H3,(H,31,32)/t16?,17-,18-,19-/m1/s1. The van der Waals surface area contributed by atoms with Crippen molar-refractivity contribution in [2.75, 3.05) is 13.6 Å². The van der Waals surface area contributed by atoms with Gasteiger partial charge in [0.2, 0.25) is 0 Å². The van der Waals surface area contributed by atoms with Gasteiger partial charge in [-0.1, -0.05) is 11.6 Å². The molecule has 10 heteroatoms. The number of amides is 1. The number of pyridine rings is 1. The van der Waals surface area contributed by atoms with Crippen molar-refractivity contribution in [3.05, 3.63) is 23.5 Å². The number of hydrogen-bond donors (Lipinski definition) is 1. The van der Waals surface area contributed by atoms with Crippen molar-refractivity contribution in [2.45, 2.75) is 58.2 Å². The van der Waals surface area contributed by atoms with E-state index in [1.165, 1.54) is 19.3 Å². The highest BCUT2D eigenvalue weighted by Crippen LogP contribution is 2.53. The Bertz CT molecular complexity index is 1110. The van der Waals surface area contributed by atoms with Gasteiger partial charge in [0.1, 0.15) is 23.7 Å². The van der Waals surface area contributed by atoms with E-state index < -0.39 is 5.97 Å². The number of nitrogens with zero attached hydrogens (tertiary/aromatic N) is 5. The lowest BCUT2D eigenvalue weighted by molar-refractivity contribution is -0.144. The van der Waals surface area contributed by atoms with Gasteiger partial charge in [0.05, 0.1) is 23.4 Å². The summed E-state index contributed by atoms with van der Waals surface area (Å²) >= 11 is 0. The number of carboxylic acid groups (broad SMARTS) is 1. The molecule has 3 fully saturated rings. The Labute approximate surface area is 204 Å². The van der Waals surface area contributed by atoms with Crippen LogP contribution in [0.3, 0.4) is 0 Å². The topological polar surface area (TPSA) is 120 Å². The average molecular weight is 484 g/mol. The van der Waals surface area contributed by atoms with Gasteiger partial charge < -0.3 is 19.5 Å². The molecule has 2 heterocycles. The molecule has 3 aliphatic rings. The highest BCUT2D eigenvalue weighted by atomic mass is 16.6. The maximum atomic E-state index is 12.4. The SMILES string of the molecule is Cc1nc(-c2nnn(C)c2COC(=O)N(C)CC2CCC2)ccc1O[C@@H]1CC2C[C@H]2[C@H](C(=O)O)C1. The molecule has 1 unspecified atom stereocenters. The Balaban J connectivity index is 1.24. The molecule has 3 aliphatic carbocycles. The maximum Gasteiger partial charge on any atom is 0.409 e. The minimum Gasteiger partial charge on any atom is -0.488 e. The molecule has 35 heavy (non-hydrogen) atoms. The normalized spacial score (nSPS) is 25.3. The minimum absolute atomic E-state index is 0.0485. The van der Waals surface area contributed by atoms with Crippen LogP contribution >= 0.6 is 0 Å². The lowest BCUT2D eigenvalue weighted by Crippen LogP contribution is -2.34. The number of aryl methyl sites for hydroxylation is 2. The Morgan fingerprint density at radius 3 is 2.71 bits per heavy atom. The zero-order valence-corrected chi connectivity index (χ0v) is 20.5. The van der Waals surface area contributed by atoms with Crippen LogP contribution in [0.4, 0.5) is 4.79 Å². The summed E-state index contributed by atoms with van der Waals surface area (Å²) in [4.78, 5) is 30.3. The Hall–Kier alpha value is -3.17. The Kier molecular flexibility index (Phi) is 6.37. The molecule has 0 radical (unpaired) electrons. The van der Waals surface area contributed by atoms with Crippen LogP contribution in [0.1, 0.15) is 49.9 Å². The fourth-order valence-corrected chi connectivity index (χ4v) is 5.41. The molecule has 0 bridgehead atoms. The third-order valence-electron chi connectivity index (χ3n) is 7.81. The lowest BCUT2D eigenvalue weighted by Gasteiger charge is -2.29. The van der Waals surface area contributed by atoms with Gasteiger partial charge in [0.15, 0.2) is 0 Å². The first kappa shape index (κ1) is 23.6. The third kappa shape index (κ3) is 4.97. The van der Waals surface area contributed by atoms with Crippen LogP contribution in [0.15, 0.2) is 12.1 Å². The molecule has 1 N–H and O–H groups in total. The fraction of sp³-hybridized carbons (Fsp3) is 0.640. The molecule has 0 aromatic carbocycles. The quantitative estimate of drug-likeness (QED) is 0.606. The number of carbonyl (C=O) groups excluding carboxylic acids is 1. The highest BCUT2D eigenvalue weighted by molar-refractivity contribution is 5.71. The summed E-state index contributed by atoms with van der Waals surface area (Å²) in [5.41, 5.74) is 2.53. The van der Waals surface area contributed by atoms with Crippen molar-refractivity contribution in [1.29, 1.82) is 0 Å². The summed E-state index contributed by atoms with van der Waals surface area (Å²) in [6, 6.07) is 3.67. The summed E-state index contributed by atoms with van der Waals surface area (Å²) in [6.07, 6.45) is 5.51. The number of fused-ring (bicyclic) bond motifs is 1. The van der Waals surface area contributed by atoms with Crippen LogP contribution in [0.5, 0.6) is 5.75 Å². The number of carbonyl (C=O) groups is 2. The second-order valence-electron chi connectivity index (χ2n) is 10.3.